The van der Waals surface area contributed by atoms with Crippen LogP contribution in [-0.2, 0) is 22.6 Å². The molecule has 0 bridgehead atoms. The van der Waals surface area contributed by atoms with Gasteiger partial charge in [0.2, 0.25) is 0 Å². The van der Waals surface area contributed by atoms with E-state index in [9.17, 15) is 14.4 Å². The van der Waals surface area contributed by atoms with Gasteiger partial charge in [-0.15, -0.1) is 0 Å². The van der Waals surface area contributed by atoms with Gasteiger partial charge in [-0.1, -0.05) is 24.3 Å². The first kappa shape index (κ1) is 22.4. The number of rotatable bonds is 4. The SMILES string of the molecule is COC(=O)C1NNC2CCC(NC(=O)c3ccc(NC(=O)N4Cc5ccccc5C4)cc3)CC21. The van der Waals surface area contributed by atoms with Gasteiger partial charge >= 0.3 is 12.0 Å². The number of anilines is 1. The Morgan fingerprint density at radius 1 is 0.971 bits per heavy atom. The first-order valence-corrected chi connectivity index (χ1v) is 11.6. The lowest BCUT2D eigenvalue weighted by molar-refractivity contribution is -0.144. The number of carbonyl (C=O) groups is 3. The molecule has 1 saturated carbocycles. The number of carbonyl (C=O) groups excluding carboxylic acids is 3. The average molecular weight is 464 g/mol. The van der Waals surface area contributed by atoms with Crippen LogP contribution in [0.3, 0.4) is 0 Å². The lowest BCUT2D eigenvalue weighted by Gasteiger charge is -2.32. The Kier molecular flexibility index (Phi) is 6.21. The van der Waals surface area contributed by atoms with E-state index in [-0.39, 0.29) is 35.9 Å². The molecule has 0 aromatic heterocycles. The molecule has 3 amide bonds. The van der Waals surface area contributed by atoms with Crippen LogP contribution in [0.4, 0.5) is 10.5 Å². The van der Waals surface area contributed by atoms with E-state index in [0.29, 0.717) is 30.8 Å². The van der Waals surface area contributed by atoms with Gasteiger partial charge in [0, 0.05) is 42.3 Å². The molecule has 4 N–H and O–H groups in total. The summed E-state index contributed by atoms with van der Waals surface area (Å²) >= 11 is 0. The first-order valence-electron chi connectivity index (χ1n) is 11.6. The van der Waals surface area contributed by atoms with Crippen molar-refractivity contribution in [2.45, 2.75) is 50.5 Å². The molecule has 4 atom stereocenters. The van der Waals surface area contributed by atoms with E-state index in [4.69, 9.17) is 4.74 Å². The molecule has 9 heteroatoms. The summed E-state index contributed by atoms with van der Waals surface area (Å²) in [4.78, 5) is 39.2. The third kappa shape index (κ3) is 4.49. The number of fused-ring (bicyclic) bond motifs is 2. The predicted octanol–water partition coefficient (Wildman–Crippen LogP) is 2.15. The Balaban J connectivity index is 1.15. The summed E-state index contributed by atoms with van der Waals surface area (Å²) in [6.07, 6.45) is 2.39. The van der Waals surface area contributed by atoms with Crippen molar-refractivity contribution in [3.8, 4) is 0 Å². The number of amides is 3. The van der Waals surface area contributed by atoms with Gasteiger partial charge in [0.1, 0.15) is 6.04 Å². The molecule has 3 aliphatic rings. The second-order valence-electron chi connectivity index (χ2n) is 9.18. The molecule has 9 nitrogen and oxygen atoms in total. The van der Waals surface area contributed by atoms with Gasteiger partial charge in [0.15, 0.2) is 0 Å². The minimum atomic E-state index is -0.402. The van der Waals surface area contributed by atoms with E-state index in [1.165, 1.54) is 18.2 Å². The van der Waals surface area contributed by atoms with Crippen LogP contribution in [-0.4, -0.2) is 48.0 Å². The van der Waals surface area contributed by atoms with Crippen molar-refractivity contribution >= 4 is 23.6 Å². The third-order valence-electron chi connectivity index (χ3n) is 7.07. The summed E-state index contributed by atoms with van der Waals surface area (Å²) < 4.78 is 4.89. The number of nitrogens with zero attached hydrogens (tertiary/aromatic N) is 1. The van der Waals surface area contributed by atoms with Gasteiger partial charge in [-0.2, -0.15) is 0 Å². The first-order chi connectivity index (χ1) is 16.5. The zero-order valence-electron chi connectivity index (χ0n) is 19.0. The number of benzene rings is 2. The normalized spacial score (nSPS) is 25.3. The number of hydrogen-bond donors (Lipinski definition) is 4. The molecule has 2 heterocycles. The highest BCUT2D eigenvalue weighted by Crippen LogP contribution is 2.31. The minimum Gasteiger partial charge on any atom is -0.468 e. The molecule has 5 rings (SSSR count). The summed E-state index contributed by atoms with van der Waals surface area (Å²) in [5, 5.41) is 6.01. The number of urea groups is 1. The molecule has 0 radical (unpaired) electrons. The van der Waals surface area contributed by atoms with Crippen LogP contribution in [0.2, 0.25) is 0 Å². The smallest absolute Gasteiger partial charge is 0.324 e. The van der Waals surface area contributed by atoms with Crippen molar-refractivity contribution in [3.05, 3.63) is 65.2 Å². The summed E-state index contributed by atoms with van der Waals surface area (Å²) in [6.45, 7) is 1.18. The maximum absolute atomic E-state index is 12.8. The van der Waals surface area contributed by atoms with Gasteiger partial charge in [0.25, 0.3) is 5.91 Å². The summed E-state index contributed by atoms with van der Waals surface area (Å²) in [5.74, 6) is -0.381. The van der Waals surface area contributed by atoms with Crippen molar-refractivity contribution < 1.29 is 19.1 Å². The Hall–Kier alpha value is -3.43. The maximum atomic E-state index is 12.8. The van der Waals surface area contributed by atoms with Gasteiger partial charge in [-0.05, 0) is 54.7 Å². The van der Waals surface area contributed by atoms with Crippen molar-refractivity contribution in [2.24, 2.45) is 5.92 Å². The number of ether oxygens (including phenoxy) is 1. The molecular formula is C25H29N5O4. The minimum absolute atomic E-state index is 0.0150. The highest BCUT2D eigenvalue weighted by Gasteiger charge is 2.44. The topological polar surface area (TPSA) is 112 Å². The Morgan fingerprint density at radius 2 is 1.68 bits per heavy atom. The van der Waals surface area contributed by atoms with Crippen molar-refractivity contribution in [3.63, 3.8) is 0 Å². The van der Waals surface area contributed by atoms with Crippen LogP contribution in [0.25, 0.3) is 0 Å². The van der Waals surface area contributed by atoms with Crippen LogP contribution in [0.1, 0.15) is 40.7 Å². The predicted molar refractivity (Wildman–Crippen MR) is 126 cm³/mol. The van der Waals surface area contributed by atoms with Gasteiger partial charge in [0.05, 0.1) is 7.11 Å². The van der Waals surface area contributed by atoms with Gasteiger partial charge in [-0.25, -0.2) is 10.2 Å². The van der Waals surface area contributed by atoms with E-state index in [0.717, 1.165) is 12.8 Å². The fourth-order valence-corrected chi connectivity index (χ4v) is 5.20. The van der Waals surface area contributed by atoms with Crippen molar-refractivity contribution in [1.29, 1.82) is 0 Å². The van der Waals surface area contributed by atoms with E-state index < -0.39 is 6.04 Å². The molecule has 1 aliphatic carbocycles. The van der Waals surface area contributed by atoms with Crippen molar-refractivity contribution in [2.75, 3.05) is 12.4 Å². The zero-order chi connectivity index (χ0) is 23.7. The average Bonchev–Trinajstić information content (AvgIpc) is 3.48. The molecular weight excluding hydrogens is 434 g/mol. The molecule has 0 spiro atoms. The van der Waals surface area contributed by atoms with Crippen molar-refractivity contribution in [1.82, 2.24) is 21.1 Å². The Morgan fingerprint density at radius 3 is 2.35 bits per heavy atom. The van der Waals surface area contributed by atoms with E-state index in [1.54, 1.807) is 29.2 Å². The Labute approximate surface area is 198 Å². The number of hydrogen-bond acceptors (Lipinski definition) is 6. The number of esters is 1. The third-order valence-corrected chi connectivity index (χ3v) is 7.07. The quantitative estimate of drug-likeness (QED) is 0.517. The highest BCUT2D eigenvalue weighted by atomic mass is 16.5. The number of methoxy groups -OCH3 is 1. The van der Waals surface area contributed by atoms with Crippen LogP contribution in [0.15, 0.2) is 48.5 Å². The molecule has 178 valence electrons. The second kappa shape index (κ2) is 9.44. The van der Waals surface area contributed by atoms with E-state index in [2.05, 4.69) is 21.5 Å². The zero-order valence-corrected chi connectivity index (χ0v) is 19.0. The standard InChI is InChI=1S/C25H29N5O4/c1-34-24(32)22-20-12-19(10-11-21(20)28-29-22)26-23(31)15-6-8-18(9-7-15)27-25(33)30-13-16-4-2-3-5-17(16)14-30/h2-9,19-22,28-29H,10-14H2,1H3,(H,26,31)(H,27,33). The fourth-order valence-electron chi connectivity index (χ4n) is 5.20. The largest absolute Gasteiger partial charge is 0.468 e. The van der Waals surface area contributed by atoms with Gasteiger partial charge in [-0.3, -0.25) is 15.0 Å². The summed E-state index contributed by atoms with van der Waals surface area (Å²) in [5.41, 5.74) is 9.71. The molecule has 1 saturated heterocycles. The Bertz CT molecular complexity index is 1060. The lowest BCUT2D eigenvalue weighted by atomic mass is 9.79. The van der Waals surface area contributed by atoms with Crippen LogP contribution in [0, 0.1) is 5.92 Å². The summed E-state index contributed by atoms with van der Waals surface area (Å²) in [7, 11) is 1.38. The fraction of sp³-hybridized carbons (Fsp3) is 0.400. The molecule has 2 aromatic rings. The highest BCUT2D eigenvalue weighted by molar-refractivity contribution is 5.95. The molecule has 34 heavy (non-hydrogen) atoms. The molecule has 2 fully saturated rings. The maximum Gasteiger partial charge on any atom is 0.324 e. The van der Waals surface area contributed by atoms with E-state index in [1.807, 2.05) is 24.3 Å². The number of nitrogens with one attached hydrogen (secondary N) is 4. The van der Waals surface area contributed by atoms with Crippen LogP contribution >= 0.6 is 0 Å². The van der Waals surface area contributed by atoms with Crippen LogP contribution < -0.4 is 21.5 Å². The summed E-state index contributed by atoms with van der Waals surface area (Å²) in [6, 6.07) is 14.6. The lowest BCUT2D eigenvalue weighted by Crippen LogP contribution is -2.46. The van der Waals surface area contributed by atoms with Crippen LogP contribution in [0.5, 0.6) is 0 Å². The second-order valence-corrected chi connectivity index (χ2v) is 9.18. The van der Waals surface area contributed by atoms with E-state index >= 15 is 0 Å². The molecule has 2 aliphatic heterocycles. The monoisotopic (exact) mass is 463 g/mol. The van der Waals surface area contributed by atoms with Gasteiger partial charge < -0.3 is 20.3 Å². The molecule has 4 unspecified atom stereocenters. The molecule has 2 aromatic carbocycles. The number of hydrazine groups is 1.